The number of hydrogen-bond donors (Lipinski definition) is 1. The monoisotopic (exact) mass is 284 g/mol. The van der Waals surface area contributed by atoms with Gasteiger partial charge in [0.15, 0.2) is 0 Å². The van der Waals surface area contributed by atoms with Crippen molar-refractivity contribution in [1.82, 2.24) is 14.7 Å². The molecule has 1 unspecified atom stereocenters. The average molecular weight is 284 g/mol. The van der Waals surface area contributed by atoms with Gasteiger partial charge >= 0.3 is 0 Å². The zero-order valence-corrected chi connectivity index (χ0v) is 12.4. The lowest BCUT2D eigenvalue weighted by atomic mass is 9.88. The molecule has 1 aromatic heterocycles. The maximum absolute atomic E-state index is 11.8. The van der Waals surface area contributed by atoms with Crippen molar-refractivity contribution in [2.24, 2.45) is 0 Å². The van der Waals surface area contributed by atoms with Crippen molar-refractivity contribution in [3.63, 3.8) is 0 Å². The highest BCUT2D eigenvalue weighted by Crippen LogP contribution is 2.35. The van der Waals surface area contributed by atoms with Crippen LogP contribution in [0.2, 0.25) is 0 Å². The van der Waals surface area contributed by atoms with Gasteiger partial charge in [-0.15, -0.1) is 0 Å². The number of benzene rings is 1. The first-order chi connectivity index (χ1) is 10.1. The van der Waals surface area contributed by atoms with Crippen LogP contribution in [0.1, 0.15) is 23.6 Å². The first-order valence-electron chi connectivity index (χ1n) is 7.21. The van der Waals surface area contributed by atoms with Crippen molar-refractivity contribution in [2.45, 2.75) is 18.9 Å². The summed E-state index contributed by atoms with van der Waals surface area (Å²) in [5, 5.41) is 8.02. The molecule has 1 aromatic carbocycles. The minimum absolute atomic E-state index is 0.0513. The lowest BCUT2D eigenvalue weighted by molar-refractivity contribution is -0.129. The fourth-order valence-corrected chi connectivity index (χ4v) is 2.71. The summed E-state index contributed by atoms with van der Waals surface area (Å²) in [7, 11) is 3.52. The van der Waals surface area contributed by atoms with Crippen molar-refractivity contribution in [2.75, 3.05) is 26.0 Å². The summed E-state index contributed by atoms with van der Waals surface area (Å²) >= 11 is 0. The Balaban J connectivity index is 1.83. The Kier molecular flexibility index (Phi) is 3.64. The van der Waals surface area contributed by atoms with E-state index in [-0.39, 0.29) is 5.91 Å². The maximum atomic E-state index is 11.8. The van der Waals surface area contributed by atoms with Crippen molar-refractivity contribution >= 4 is 11.6 Å². The number of fused-ring (bicyclic) bond motifs is 1. The zero-order valence-electron chi connectivity index (χ0n) is 12.4. The number of hydrogen-bond acceptors (Lipinski definition) is 3. The van der Waals surface area contributed by atoms with Crippen LogP contribution in [0.3, 0.4) is 0 Å². The smallest absolute Gasteiger partial charge is 0.243 e. The summed E-state index contributed by atoms with van der Waals surface area (Å²) in [6.45, 7) is 1.24. The molecule has 5 heteroatoms. The average Bonchev–Trinajstić information content (AvgIpc) is 2.95. The van der Waals surface area contributed by atoms with E-state index < -0.39 is 0 Å². The van der Waals surface area contributed by atoms with Crippen LogP contribution in [-0.2, 0) is 11.3 Å². The molecule has 3 rings (SSSR count). The highest BCUT2D eigenvalue weighted by atomic mass is 16.2. The second-order valence-corrected chi connectivity index (χ2v) is 5.58. The molecule has 0 saturated heterocycles. The summed E-state index contributed by atoms with van der Waals surface area (Å²) in [6, 6.07) is 10.4. The third kappa shape index (κ3) is 2.77. The van der Waals surface area contributed by atoms with Gasteiger partial charge in [-0.05, 0) is 24.1 Å². The molecule has 0 saturated carbocycles. The lowest BCUT2D eigenvalue weighted by Crippen LogP contribution is -2.26. The third-order valence-corrected chi connectivity index (χ3v) is 3.90. The number of amides is 1. The Hall–Kier alpha value is -2.30. The number of carbonyl (C=O) groups is 1. The molecule has 1 N–H and O–H groups in total. The van der Waals surface area contributed by atoms with Crippen LogP contribution in [0.15, 0.2) is 36.5 Å². The predicted octanol–water partition coefficient (Wildman–Crippen LogP) is 1.92. The fourth-order valence-electron chi connectivity index (χ4n) is 2.71. The van der Waals surface area contributed by atoms with Crippen LogP contribution in [-0.4, -0.2) is 41.2 Å². The maximum Gasteiger partial charge on any atom is 0.243 e. The van der Waals surface area contributed by atoms with Gasteiger partial charge in [0.05, 0.1) is 5.69 Å². The Labute approximate surface area is 124 Å². The van der Waals surface area contributed by atoms with Crippen LogP contribution in [0.25, 0.3) is 0 Å². The zero-order chi connectivity index (χ0) is 14.8. The molecule has 0 radical (unpaired) electrons. The Morgan fingerprint density at radius 3 is 3.00 bits per heavy atom. The van der Waals surface area contributed by atoms with Crippen LogP contribution in [0, 0.1) is 0 Å². The van der Waals surface area contributed by atoms with Crippen LogP contribution in [0.5, 0.6) is 0 Å². The highest BCUT2D eigenvalue weighted by Gasteiger charge is 2.23. The molecule has 0 spiro atoms. The third-order valence-electron chi connectivity index (χ3n) is 3.90. The van der Waals surface area contributed by atoms with Gasteiger partial charge in [0, 0.05) is 38.4 Å². The van der Waals surface area contributed by atoms with Crippen LogP contribution >= 0.6 is 0 Å². The number of carbonyl (C=O) groups excluding carboxylic acids is 1. The number of para-hydroxylation sites is 1. The number of likely N-dealkylation sites (N-methyl/N-ethyl adjacent to an activating group) is 1. The Bertz CT molecular complexity index is 647. The molecule has 5 nitrogen and oxygen atoms in total. The van der Waals surface area contributed by atoms with Crippen molar-refractivity contribution < 1.29 is 4.79 Å². The Morgan fingerprint density at radius 2 is 2.19 bits per heavy atom. The second-order valence-electron chi connectivity index (χ2n) is 5.58. The molecule has 0 bridgehead atoms. The molecule has 2 heterocycles. The fraction of sp³-hybridized carbons (Fsp3) is 0.375. The Morgan fingerprint density at radius 1 is 1.38 bits per heavy atom. The molecule has 21 heavy (non-hydrogen) atoms. The predicted molar refractivity (Wildman–Crippen MR) is 82.3 cm³/mol. The summed E-state index contributed by atoms with van der Waals surface area (Å²) in [4.78, 5) is 13.3. The summed E-state index contributed by atoms with van der Waals surface area (Å²) < 4.78 is 1.72. The van der Waals surface area contributed by atoms with Gasteiger partial charge in [-0.1, -0.05) is 18.2 Å². The number of rotatable bonds is 3. The largest absolute Gasteiger partial charge is 0.385 e. The molecule has 0 aliphatic carbocycles. The molecule has 1 aliphatic rings. The molecule has 1 amide bonds. The molecular weight excluding hydrogens is 264 g/mol. The first-order valence-corrected chi connectivity index (χ1v) is 7.21. The van der Waals surface area contributed by atoms with E-state index in [2.05, 4.69) is 28.6 Å². The minimum Gasteiger partial charge on any atom is -0.385 e. The number of nitrogens with zero attached hydrogens (tertiary/aromatic N) is 3. The van der Waals surface area contributed by atoms with Gasteiger partial charge in [-0.3, -0.25) is 9.48 Å². The van der Waals surface area contributed by atoms with Crippen molar-refractivity contribution in [1.29, 1.82) is 0 Å². The van der Waals surface area contributed by atoms with E-state index in [9.17, 15) is 4.79 Å². The van der Waals surface area contributed by atoms with Crippen LogP contribution < -0.4 is 5.32 Å². The summed E-state index contributed by atoms with van der Waals surface area (Å²) in [5.74, 6) is 0.355. The lowest BCUT2D eigenvalue weighted by Gasteiger charge is -2.25. The van der Waals surface area contributed by atoms with Gasteiger partial charge < -0.3 is 10.2 Å². The molecular formula is C16H20N4O. The van der Waals surface area contributed by atoms with Crippen molar-refractivity contribution in [3.05, 3.63) is 47.8 Å². The standard InChI is InChI=1S/C16H20N4O/c1-19(2)16(21)11-20-10-8-15(18-20)13-7-9-17-14-6-4-3-5-12(13)14/h3-6,8,10,13,17H,7,9,11H2,1-2H3. The molecule has 1 aliphatic heterocycles. The minimum atomic E-state index is 0.0513. The number of nitrogens with one attached hydrogen (secondary N) is 1. The van der Waals surface area contributed by atoms with Gasteiger partial charge in [0.25, 0.3) is 0 Å². The van der Waals surface area contributed by atoms with Crippen LogP contribution in [0.4, 0.5) is 5.69 Å². The van der Waals surface area contributed by atoms with Gasteiger partial charge in [0.2, 0.25) is 5.91 Å². The summed E-state index contributed by atoms with van der Waals surface area (Å²) in [5.41, 5.74) is 3.51. The van der Waals surface area contributed by atoms with Gasteiger partial charge in [-0.25, -0.2) is 0 Å². The van der Waals surface area contributed by atoms with E-state index in [1.54, 1.807) is 23.7 Å². The van der Waals surface area contributed by atoms with E-state index >= 15 is 0 Å². The van der Waals surface area contributed by atoms with E-state index in [1.807, 2.05) is 18.3 Å². The quantitative estimate of drug-likeness (QED) is 0.937. The molecule has 1 atom stereocenters. The number of anilines is 1. The van der Waals surface area contributed by atoms with E-state index in [4.69, 9.17) is 0 Å². The number of aromatic nitrogens is 2. The summed E-state index contributed by atoms with van der Waals surface area (Å²) in [6.07, 6.45) is 2.91. The molecule has 0 fully saturated rings. The highest BCUT2D eigenvalue weighted by molar-refractivity contribution is 5.75. The first kappa shape index (κ1) is 13.7. The van der Waals surface area contributed by atoms with E-state index in [1.165, 1.54) is 11.3 Å². The van der Waals surface area contributed by atoms with Gasteiger partial charge in [0.1, 0.15) is 6.54 Å². The second kappa shape index (κ2) is 5.60. The molecule has 110 valence electrons. The van der Waals surface area contributed by atoms with Crippen molar-refractivity contribution in [3.8, 4) is 0 Å². The van der Waals surface area contributed by atoms with E-state index in [0.717, 1.165) is 18.7 Å². The van der Waals surface area contributed by atoms with Gasteiger partial charge in [-0.2, -0.15) is 5.10 Å². The SMILES string of the molecule is CN(C)C(=O)Cn1ccc(C2CCNc3ccccc32)n1. The van der Waals surface area contributed by atoms with E-state index in [0.29, 0.717) is 12.5 Å². The topological polar surface area (TPSA) is 50.2 Å². The molecule has 2 aromatic rings. The normalized spacial score (nSPS) is 17.0.